The number of hydrogen-bond donors (Lipinski definition) is 2. The Morgan fingerprint density at radius 3 is 3.17 bits per heavy atom. The summed E-state index contributed by atoms with van der Waals surface area (Å²) in [5.41, 5.74) is 1.88. The zero-order chi connectivity index (χ0) is 12.7. The molecule has 18 heavy (non-hydrogen) atoms. The Balaban J connectivity index is 2.31. The largest absolute Gasteiger partial charge is 0.462 e. The first-order chi connectivity index (χ1) is 8.72. The van der Waals surface area contributed by atoms with Crippen molar-refractivity contribution in [3.05, 3.63) is 23.2 Å². The molecule has 3 heterocycles. The molecule has 7 nitrogen and oxygen atoms in total. The van der Waals surface area contributed by atoms with E-state index < -0.39 is 5.97 Å². The molecule has 0 fully saturated rings. The van der Waals surface area contributed by atoms with Gasteiger partial charge in [0.25, 0.3) is 0 Å². The summed E-state index contributed by atoms with van der Waals surface area (Å²) in [4.78, 5) is 22.9. The predicted octanol–water partition coefficient (Wildman–Crippen LogP) is 0.855. The van der Waals surface area contributed by atoms with Crippen LogP contribution in [-0.4, -0.2) is 32.6 Å². The van der Waals surface area contributed by atoms with Crippen LogP contribution in [-0.2, 0) is 4.74 Å². The van der Waals surface area contributed by atoms with Crippen LogP contribution in [0, 0.1) is 0 Å². The monoisotopic (exact) mass is 266 g/mol. The van der Waals surface area contributed by atoms with E-state index in [0.29, 0.717) is 29.0 Å². The highest BCUT2D eigenvalue weighted by Crippen LogP contribution is 2.17. The van der Waals surface area contributed by atoms with E-state index >= 15 is 0 Å². The van der Waals surface area contributed by atoms with Gasteiger partial charge in [0.2, 0.25) is 5.15 Å². The van der Waals surface area contributed by atoms with E-state index in [0.717, 1.165) is 0 Å². The van der Waals surface area contributed by atoms with Crippen molar-refractivity contribution < 1.29 is 14.0 Å². The second-order valence-electron chi connectivity index (χ2n) is 3.57. The number of carbonyl (C=O) groups excluding carboxylic acids is 1. The summed E-state index contributed by atoms with van der Waals surface area (Å²) in [6.07, 6.45) is 3.03. The van der Waals surface area contributed by atoms with Gasteiger partial charge in [-0.25, -0.2) is 9.89 Å². The van der Waals surface area contributed by atoms with Crippen molar-refractivity contribution in [3.63, 3.8) is 0 Å². The Morgan fingerprint density at radius 2 is 2.39 bits per heavy atom. The second kappa shape index (κ2) is 3.95. The Hall–Kier alpha value is -2.15. The maximum absolute atomic E-state index is 11.7. The first kappa shape index (κ1) is 11.0. The van der Waals surface area contributed by atoms with Crippen LogP contribution in [0.15, 0.2) is 12.5 Å². The highest BCUT2D eigenvalue weighted by Gasteiger charge is 2.24. The number of aromatic amines is 2. The van der Waals surface area contributed by atoms with Gasteiger partial charge < -0.3 is 9.72 Å². The van der Waals surface area contributed by atoms with Crippen molar-refractivity contribution >= 4 is 34.4 Å². The number of esters is 1. The number of aromatic nitrogens is 5. The Bertz CT molecular complexity index is 747. The molecule has 2 N–H and O–H groups in total. The summed E-state index contributed by atoms with van der Waals surface area (Å²) in [5, 5.41) is 3.15. The standard InChI is InChI=1S/C10H8ClN5O2/c1-2-18-10(17)5-3-14-16-8(5)15-7(11)6-9(16)13-4-12-6/h3-4H,2H2,1H3,(H,12,13,14,15,17)/p+1. The number of halogens is 1. The molecule has 8 heteroatoms. The lowest BCUT2D eigenvalue weighted by Gasteiger charge is -1.96. The lowest BCUT2D eigenvalue weighted by molar-refractivity contribution is -0.552. The normalized spacial score (nSPS) is 11.2. The minimum atomic E-state index is -0.449. The average Bonchev–Trinajstić information content (AvgIpc) is 2.94. The quantitative estimate of drug-likeness (QED) is 0.409. The Labute approximate surface area is 106 Å². The van der Waals surface area contributed by atoms with E-state index in [4.69, 9.17) is 16.3 Å². The number of rotatable bonds is 2. The van der Waals surface area contributed by atoms with Gasteiger partial charge in [-0.15, -0.1) is 4.52 Å². The summed E-state index contributed by atoms with van der Waals surface area (Å²) >= 11 is 6.03. The smallest absolute Gasteiger partial charge is 0.346 e. The number of hydrogen-bond acceptors (Lipinski definition) is 4. The molecule has 0 aliphatic carbocycles. The van der Waals surface area contributed by atoms with Crippen LogP contribution in [0.3, 0.4) is 0 Å². The number of imidazole rings is 1. The molecule has 3 rings (SSSR count). The van der Waals surface area contributed by atoms with Crippen molar-refractivity contribution in [1.29, 1.82) is 0 Å². The second-order valence-corrected chi connectivity index (χ2v) is 3.93. The topological polar surface area (TPSA) is 87.8 Å². The number of nitrogens with zero attached hydrogens (tertiary/aromatic N) is 3. The fourth-order valence-corrected chi connectivity index (χ4v) is 1.98. The fourth-order valence-electron chi connectivity index (χ4n) is 1.76. The predicted molar refractivity (Wildman–Crippen MR) is 62.4 cm³/mol. The van der Waals surface area contributed by atoms with E-state index in [9.17, 15) is 4.79 Å². The van der Waals surface area contributed by atoms with Gasteiger partial charge in [-0.1, -0.05) is 9.97 Å². The van der Waals surface area contributed by atoms with Crippen LogP contribution in [0.4, 0.5) is 0 Å². The summed E-state index contributed by atoms with van der Waals surface area (Å²) < 4.78 is 6.52. The number of nitrogens with one attached hydrogen (secondary N) is 2. The van der Waals surface area contributed by atoms with Crippen LogP contribution in [0.1, 0.15) is 17.3 Å². The Kier molecular flexibility index (Phi) is 2.41. The van der Waals surface area contributed by atoms with Gasteiger partial charge in [0.15, 0.2) is 17.4 Å². The summed E-state index contributed by atoms with van der Waals surface area (Å²) in [7, 11) is 0. The third-order valence-corrected chi connectivity index (χ3v) is 2.80. The summed E-state index contributed by atoms with van der Waals surface area (Å²) in [6, 6.07) is 0. The summed E-state index contributed by atoms with van der Waals surface area (Å²) in [6.45, 7) is 2.04. The minimum Gasteiger partial charge on any atom is -0.462 e. The molecule has 0 aromatic carbocycles. The van der Waals surface area contributed by atoms with E-state index in [1.807, 2.05) is 0 Å². The van der Waals surface area contributed by atoms with Gasteiger partial charge in [0, 0.05) is 0 Å². The van der Waals surface area contributed by atoms with Crippen molar-refractivity contribution in [2.24, 2.45) is 0 Å². The molecule has 0 spiro atoms. The molecule has 92 valence electrons. The molecular weight excluding hydrogens is 258 g/mol. The zero-order valence-electron chi connectivity index (χ0n) is 9.40. The first-order valence-corrected chi connectivity index (χ1v) is 5.69. The van der Waals surface area contributed by atoms with E-state index in [2.05, 4.69) is 20.1 Å². The molecule has 0 amide bonds. The van der Waals surface area contributed by atoms with Gasteiger partial charge in [0.1, 0.15) is 0 Å². The SMILES string of the molecule is CCOC(=O)c1c[nH][n+]2c1nc(Cl)c1[nH]cnc12. The molecule has 0 bridgehead atoms. The first-order valence-electron chi connectivity index (χ1n) is 5.31. The molecule has 0 atom stereocenters. The summed E-state index contributed by atoms with van der Waals surface area (Å²) in [5.74, 6) is -0.449. The number of H-pyrrole nitrogens is 2. The van der Waals surface area contributed by atoms with Crippen LogP contribution >= 0.6 is 11.6 Å². The molecule has 0 saturated heterocycles. The maximum Gasteiger partial charge on any atom is 0.346 e. The van der Waals surface area contributed by atoms with Gasteiger partial charge in [-0.2, -0.15) is 0 Å². The van der Waals surface area contributed by atoms with Gasteiger partial charge in [-0.05, 0) is 18.5 Å². The molecule has 0 aliphatic rings. The van der Waals surface area contributed by atoms with Gasteiger partial charge >= 0.3 is 17.3 Å². The van der Waals surface area contributed by atoms with Crippen molar-refractivity contribution in [1.82, 2.24) is 20.1 Å². The highest BCUT2D eigenvalue weighted by molar-refractivity contribution is 6.33. The zero-order valence-corrected chi connectivity index (χ0v) is 10.2. The lowest BCUT2D eigenvalue weighted by Crippen LogP contribution is -2.26. The number of fused-ring (bicyclic) bond motifs is 3. The van der Waals surface area contributed by atoms with Gasteiger partial charge in [-0.3, -0.25) is 0 Å². The third-order valence-electron chi connectivity index (χ3n) is 2.53. The Morgan fingerprint density at radius 1 is 1.56 bits per heavy atom. The lowest BCUT2D eigenvalue weighted by atomic mass is 10.3. The molecular formula is C10H9ClN5O2+. The van der Waals surface area contributed by atoms with Crippen LogP contribution < -0.4 is 4.52 Å². The molecule has 3 aromatic heterocycles. The number of ether oxygens (including phenoxy) is 1. The third kappa shape index (κ3) is 1.44. The van der Waals surface area contributed by atoms with E-state index in [-0.39, 0.29) is 5.15 Å². The van der Waals surface area contributed by atoms with Crippen molar-refractivity contribution in [2.45, 2.75) is 6.92 Å². The highest BCUT2D eigenvalue weighted by atomic mass is 35.5. The molecule has 0 radical (unpaired) electrons. The fraction of sp³-hybridized carbons (Fsp3) is 0.200. The average molecular weight is 267 g/mol. The van der Waals surface area contributed by atoms with Crippen LogP contribution in [0.25, 0.3) is 16.8 Å². The molecule has 0 saturated carbocycles. The van der Waals surface area contributed by atoms with Crippen LogP contribution in [0.5, 0.6) is 0 Å². The maximum atomic E-state index is 11.7. The van der Waals surface area contributed by atoms with E-state index in [1.54, 1.807) is 11.4 Å². The molecule has 0 aliphatic heterocycles. The van der Waals surface area contributed by atoms with Crippen molar-refractivity contribution in [3.8, 4) is 0 Å². The van der Waals surface area contributed by atoms with Crippen molar-refractivity contribution in [2.75, 3.05) is 6.61 Å². The van der Waals surface area contributed by atoms with Crippen LogP contribution in [0.2, 0.25) is 5.15 Å². The minimum absolute atomic E-state index is 0.257. The number of carbonyl (C=O) groups is 1. The molecule has 3 aromatic rings. The molecule has 0 unspecified atom stereocenters. The van der Waals surface area contributed by atoms with Gasteiger partial charge in [0.05, 0.1) is 12.8 Å². The van der Waals surface area contributed by atoms with E-state index in [1.165, 1.54) is 12.5 Å².